The lowest BCUT2D eigenvalue weighted by atomic mass is 9.93. The highest BCUT2D eigenvalue weighted by Crippen LogP contribution is 2.44. The molecule has 0 fully saturated rings. The number of benzene rings is 3. The summed E-state index contributed by atoms with van der Waals surface area (Å²) < 4.78 is 16.6. The molecule has 0 saturated heterocycles. The third-order valence-electron chi connectivity index (χ3n) is 5.17. The number of hydrogen-bond donors (Lipinski definition) is 5. The first-order valence-corrected chi connectivity index (χ1v) is 9.58. The number of ether oxygens (including phenoxy) is 3. The molecule has 166 valence electrons. The summed E-state index contributed by atoms with van der Waals surface area (Å²) in [5.74, 6) is -1.72. The van der Waals surface area contributed by atoms with Gasteiger partial charge in [-0.05, 0) is 30.3 Å². The quantitative estimate of drug-likeness (QED) is 0.305. The Kier molecular flexibility index (Phi) is 5.31. The molecule has 2 atom stereocenters. The van der Waals surface area contributed by atoms with Gasteiger partial charge in [-0.3, -0.25) is 0 Å². The predicted octanol–water partition coefficient (Wildman–Crippen LogP) is 3.13. The van der Waals surface area contributed by atoms with Gasteiger partial charge < -0.3 is 39.7 Å². The van der Waals surface area contributed by atoms with Crippen LogP contribution in [0.5, 0.6) is 40.2 Å². The maximum absolute atomic E-state index is 12.8. The SMILES string of the molecule is COc1cc(C(=O)O[C@@H]2Cc3c(O)cc(O)cc3O[C@@H]2c2ccc(O)c(O)c2)ccc1O. The summed E-state index contributed by atoms with van der Waals surface area (Å²) in [5.41, 5.74) is 0.852. The monoisotopic (exact) mass is 440 g/mol. The summed E-state index contributed by atoms with van der Waals surface area (Å²) in [4.78, 5) is 12.8. The Labute approximate surface area is 182 Å². The van der Waals surface area contributed by atoms with Gasteiger partial charge in [-0.1, -0.05) is 6.07 Å². The fraction of sp³-hybridized carbons (Fsp3) is 0.174. The molecule has 1 heterocycles. The summed E-state index contributed by atoms with van der Waals surface area (Å²) >= 11 is 0. The first kappa shape index (κ1) is 21.0. The topological polar surface area (TPSA) is 146 Å². The molecule has 5 N–H and O–H groups in total. The first-order chi connectivity index (χ1) is 15.3. The molecule has 3 aromatic carbocycles. The van der Waals surface area contributed by atoms with E-state index < -0.39 is 18.2 Å². The number of phenolic OH excluding ortho intramolecular Hbond substituents is 5. The number of carbonyl (C=O) groups excluding carboxylic acids is 1. The number of fused-ring (bicyclic) bond motifs is 1. The van der Waals surface area contributed by atoms with Crippen molar-refractivity contribution in [2.24, 2.45) is 0 Å². The van der Waals surface area contributed by atoms with Crippen molar-refractivity contribution >= 4 is 5.97 Å². The Morgan fingerprint density at radius 2 is 1.66 bits per heavy atom. The number of phenols is 5. The van der Waals surface area contributed by atoms with E-state index in [4.69, 9.17) is 14.2 Å². The van der Waals surface area contributed by atoms with E-state index in [2.05, 4.69) is 0 Å². The maximum Gasteiger partial charge on any atom is 0.338 e. The van der Waals surface area contributed by atoms with Crippen LogP contribution >= 0.6 is 0 Å². The van der Waals surface area contributed by atoms with Crippen molar-refractivity contribution in [3.05, 3.63) is 65.2 Å². The molecule has 0 unspecified atom stereocenters. The number of esters is 1. The highest BCUT2D eigenvalue weighted by atomic mass is 16.6. The van der Waals surface area contributed by atoms with Crippen molar-refractivity contribution in [2.45, 2.75) is 18.6 Å². The minimum atomic E-state index is -0.936. The summed E-state index contributed by atoms with van der Waals surface area (Å²) in [6.07, 6.45) is -1.80. The second-order valence-corrected chi connectivity index (χ2v) is 7.26. The molecule has 4 rings (SSSR count). The summed E-state index contributed by atoms with van der Waals surface area (Å²) in [6.45, 7) is 0. The largest absolute Gasteiger partial charge is 0.508 e. The molecule has 0 amide bonds. The van der Waals surface area contributed by atoms with E-state index >= 15 is 0 Å². The Morgan fingerprint density at radius 3 is 2.38 bits per heavy atom. The molecule has 0 bridgehead atoms. The molecule has 0 aliphatic carbocycles. The second-order valence-electron chi connectivity index (χ2n) is 7.26. The fourth-order valence-electron chi connectivity index (χ4n) is 3.56. The van der Waals surface area contributed by atoms with Gasteiger partial charge in [0.25, 0.3) is 0 Å². The molecular formula is C23H20O9. The fourth-order valence-corrected chi connectivity index (χ4v) is 3.56. The Morgan fingerprint density at radius 1 is 0.906 bits per heavy atom. The third-order valence-corrected chi connectivity index (χ3v) is 5.17. The van der Waals surface area contributed by atoms with Crippen LogP contribution in [0.2, 0.25) is 0 Å². The predicted molar refractivity (Wildman–Crippen MR) is 110 cm³/mol. The summed E-state index contributed by atoms with van der Waals surface area (Å²) in [5, 5.41) is 49.3. The molecule has 1 aliphatic heterocycles. The van der Waals surface area contributed by atoms with Gasteiger partial charge in [0.1, 0.15) is 23.4 Å². The van der Waals surface area contributed by atoms with Gasteiger partial charge >= 0.3 is 5.97 Å². The smallest absolute Gasteiger partial charge is 0.338 e. The van der Waals surface area contributed by atoms with E-state index in [1.165, 1.54) is 49.6 Å². The van der Waals surface area contributed by atoms with Crippen LogP contribution in [0.1, 0.15) is 27.6 Å². The molecule has 9 heteroatoms. The lowest BCUT2D eigenvalue weighted by Gasteiger charge is -2.34. The Hall–Kier alpha value is -4.27. The minimum Gasteiger partial charge on any atom is -0.508 e. The van der Waals surface area contributed by atoms with Crippen LogP contribution in [0.3, 0.4) is 0 Å². The first-order valence-electron chi connectivity index (χ1n) is 9.58. The number of methoxy groups -OCH3 is 1. The molecule has 0 aromatic heterocycles. The van der Waals surface area contributed by atoms with E-state index in [9.17, 15) is 30.3 Å². The normalized spacial score (nSPS) is 17.2. The Bertz CT molecular complexity index is 1190. The number of rotatable bonds is 4. The highest BCUT2D eigenvalue weighted by molar-refractivity contribution is 5.90. The van der Waals surface area contributed by atoms with Crippen molar-refractivity contribution < 1.29 is 44.5 Å². The van der Waals surface area contributed by atoms with Crippen molar-refractivity contribution in [2.75, 3.05) is 7.11 Å². The van der Waals surface area contributed by atoms with Crippen LogP contribution in [0.25, 0.3) is 0 Å². The van der Waals surface area contributed by atoms with Crippen molar-refractivity contribution in [1.82, 2.24) is 0 Å². The van der Waals surface area contributed by atoms with E-state index in [0.717, 1.165) is 6.07 Å². The van der Waals surface area contributed by atoms with Crippen LogP contribution in [-0.4, -0.2) is 44.7 Å². The lowest BCUT2D eigenvalue weighted by molar-refractivity contribution is -0.0188. The van der Waals surface area contributed by atoms with E-state index in [1.54, 1.807) is 0 Å². The van der Waals surface area contributed by atoms with Crippen LogP contribution in [0.15, 0.2) is 48.5 Å². The van der Waals surface area contributed by atoms with Gasteiger partial charge in [-0.25, -0.2) is 4.79 Å². The van der Waals surface area contributed by atoms with Crippen molar-refractivity contribution in [3.8, 4) is 40.2 Å². The third kappa shape index (κ3) is 3.87. The zero-order valence-electron chi connectivity index (χ0n) is 16.8. The van der Waals surface area contributed by atoms with Crippen LogP contribution in [-0.2, 0) is 11.2 Å². The molecule has 1 aliphatic rings. The van der Waals surface area contributed by atoms with Gasteiger partial charge in [0.15, 0.2) is 29.1 Å². The van der Waals surface area contributed by atoms with E-state index in [-0.39, 0.29) is 52.2 Å². The average molecular weight is 440 g/mol. The van der Waals surface area contributed by atoms with Crippen LogP contribution < -0.4 is 9.47 Å². The lowest BCUT2D eigenvalue weighted by Crippen LogP contribution is -2.34. The van der Waals surface area contributed by atoms with Gasteiger partial charge in [-0.15, -0.1) is 0 Å². The van der Waals surface area contributed by atoms with Crippen LogP contribution in [0, 0.1) is 0 Å². The van der Waals surface area contributed by atoms with Gasteiger partial charge in [0.2, 0.25) is 0 Å². The van der Waals surface area contributed by atoms with Gasteiger partial charge in [-0.2, -0.15) is 0 Å². The van der Waals surface area contributed by atoms with Crippen molar-refractivity contribution in [3.63, 3.8) is 0 Å². The van der Waals surface area contributed by atoms with E-state index in [1.807, 2.05) is 0 Å². The summed E-state index contributed by atoms with van der Waals surface area (Å²) in [6, 6.07) is 10.5. The Balaban J connectivity index is 1.70. The maximum atomic E-state index is 12.8. The second kappa shape index (κ2) is 8.10. The zero-order valence-corrected chi connectivity index (χ0v) is 16.8. The summed E-state index contributed by atoms with van der Waals surface area (Å²) in [7, 11) is 1.35. The van der Waals surface area contributed by atoms with E-state index in [0.29, 0.717) is 11.1 Å². The molecule has 0 spiro atoms. The molecule has 32 heavy (non-hydrogen) atoms. The van der Waals surface area contributed by atoms with Crippen LogP contribution in [0.4, 0.5) is 0 Å². The number of carbonyl (C=O) groups is 1. The minimum absolute atomic E-state index is 0.0503. The standard InChI is InChI=1S/C23H20O9/c1-30-20-7-12(3-5-16(20)26)23(29)32-21-10-14-17(27)8-13(24)9-19(14)31-22(21)11-2-4-15(25)18(28)6-11/h2-9,21-22,24-28H,10H2,1H3/t21-,22-/m1/s1. The molecule has 3 aromatic rings. The molecule has 0 saturated carbocycles. The number of aromatic hydroxyl groups is 5. The number of hydrogen-bond acceptors (Lipinski definition) is 9. The molecule has 9 nitrogen and oxygen atoms in total. The highest BCUT2D eigenvalue weighted by Gasteiger charge is 2.36. The van der Waals surface area contributed by atoms with Gasteiger partial charge in [0, 0.05) is 29.7 Å². The molecular weight excluding hydrogens is 420 g/mol. The average Bonchev–Trinajstić information content (AvgIpc) is 2.76. The van der Waals surface area contributed by atoms with Crippen molar-refractivity contribution in [1.29, 1.82) is 0 Å². The zero-order chi connectivity index (χ0) is 23.0. The van der Waals surface area contributed by atoms with Gasteiger partial charge in [0.05, 0.1) is 12.7 Å². The molecule has 0 radical (unpaired) electrons.